The largest absolute Gasteiger partial charge is 0.481 e. The summed E-state index contributed by atoms with van der Waals surface area (Å²) < 4.78 is 35.0. The molecule has 78 valence electrons. The molecule has 0 spiro atoms. The third kappa shape index (κ3) is 9.17. The number of carboxylic acid groups (broad SMARTS) is 1. The number of halogens is 3. The summed E-state index contributed by atoms with van der Waals surface area (Å²) in [5.41, 5.74) is 0. The molecule has 0 aromatic carbocycles. The van der Waals surface area contributed by atoms with E-state index in [1.807, 2.05) is 0 Å². The maximum atomic E-state index is 11.7. The van der Waals surface area contributed by atoms with Crippen molar-refractivity contribution in [3.8, 4) is 0 Å². The molecule has 0 aliphatic heterocycles. The Kier molecular flexibility index (Phi) is 4.80. The van der Waals surface area contributed by atoms with E-state index in [0.717, 1.165) is 0 Å². The van der Waals surface area contributed by atoms with Gasteiger partial charge < -0.3 is 5.11 Å². The van der Waals surface area contributed by atoms with Crippen molar-refractivity contribution in [2.24, 2.45) is 5.92 Å². The number of alkyl halides is 3. The summed E-state index contributed by atoms with van der Waals surface area (Å²) in [4.78, 5) is 10.1. The molecule has 0 fully saturated rings. The highest BCUT2D eigenvalue weighted by Gasteiger charge is 2.26. The molecule has 2 nitrogen and oxygen atoms in total. The van der Waals surface area contributed by atoms with E-state index in [4.69, 9.17) is 5.11 Å². The molecule has 0 rings (SSSR count). The molecule has 0 aliphatic rings. The molecule has 0 aromatic heterocycles. The van der Waals surface area contributed by atoms with Crippen LogP contribution in [0.15, 0.2) is 0 Å². The minimum atomic E-state index is -4.12. The lowest BCUT2D eigenvalue weighted by molar-refractivity contribution is -0.138. The number of carboxylic acids is 1. The number of rotatable bonds is 5. The summed E-state index contributed by atoms with van der Waals surface area (Å²) in [6, 6.07) is 0. The number of aliphatic carboxylic acids is 1. The van der Waals surface area contributed by atoms with Gasteiger partial charge >= 0.3 is 12.1 Å². The maximum absolute atomic E-state index is 11.7. The topological polar surface area (TPSA) is 37.3 Å². The molecule has 5 heteroatoms. The zero-order valence-corrected chi connectivity index (χ0v) is 7.40. The predicted molar refractivity (Wildman–Crippen MR) is 41.3 cm³/mol. The molecule has 0 amide bonds. The van der Waals surface area contributed by atoms with Gasteiger partial charge in [0.1, 0.15) is 0 Å². The molecule has 1 atom stereocenters. The smallest absolute Gasteiger partial charge is 0.389 e. The third-order valence-electron chi connectivity index (χ3n) is 1.68. The number of hydrogen-bond acceptors (Lipinski definition) is 1. The van der Waals surface area contributed by atoms with Crippen molar-refractivity contribution in [2.75, 3.05) is 0 Å². The van der Waals surface area contributed by atoms with Crippen molar-refractivity contribution in [2.45, 2.75) is 38.8 Å². The van der Waals surface area contributed by atoms with Gasteiger partial charge in [0.2, 0.25) is 0 Å². The lowest BCUT2D eigenvalue weighted by Crippen LogP contribution is -2.09. The molecular formula is C8H13F3O2. The fraction of sp³-hybridized carbons (Fsp3) is 0.875. The lowest BCUT2D eigenvalue weighted by Gasteiger charge is -2.09. The second-order valence-electron chi connectivity index (χ2n) is 3.21. The van der Waals surface area contributed by atoms with Crippen molar-refractivity contribution < 1.29 is 23.1 Å². The molecule has 13 heavy (non-hydrogen) atoms. The van der Waals surface area contributed by atoms with Crippen LogP contribution >= 0.6 is 0 Å². The Labute approximate surface area is 74.7 Å². The Morgan fingerprint density at radius 1 is 1.46 bits per heavy atom. The van der Waals surface area contributed by atoms with Gasteiger partial charge in [-0.1, -0.05) is 6.92 Å². The lowest BCUT2D eigenvalue weighted by atomic mass is 10.0. The Hall–Kier alpha value is -0.740. The van der Waals surface area contributed by atoms with Crippen molar-refractivity contribution in [3.05, 3.63) is 0 Å². The van der Waals surface area contributed by atoms with Crippen LogP contribution in [0.1, 0.15) is 32.6 Å². The van der Waals surface area contributed by atoms with Gasteiger partial charge in [-0.15, -0.1) is 0 Å². The Balaban J connectivity index is 3.48. The first kappa shape index (κ1) is 12.3. The van der Waals surface area contributed by atoms with E-state index < -0.39 is 18.6 Å². The summed E-state index contributed by atoms with van der Waals surface area (Å²) in [6.45, 7) is 1.64. The zero-order chi connectivity index (χ0) is 10.5. The monoisotopic (exact) mass is 198 g/mol. The van der Waals surface area contributed by atoms with E-state index >= 15 is 0 Å². The van der Waals surface area contributed by atoms with E-state index in [0.29, 0.717) is 6.42 Å². The summed E-state index contributed by atoms with van der Waals surface area (Å²) in [5.74, 6) is -1.14. The third-order valence-corrected chi connectivity index (χ3v) is 1.68. The Bertz CT molecular complexity index is 165. The standard InChI is InChI=1S/C8H13F3O2/c1-6(5-7(12)13)3-2-4-8(9,10)11/h6H,2-5H2,1H3,(H,12,13). The van der Waals surface area contributed by atoms with Crippen LogP contribution < -0.4 is 0 Å². The van der Waals surface area contributed by atoms with Gasteiger partial charge in [-0.2, -0.15) is 13.2 Å². The SMILES string of the molecule is CC(CCCC(F)(F)F)CC(=O)O. The first-order valence-corrected chi connectivity index (χ1v) is 4.10. The molecule has 0 heterocycles. The maximum Gasteiger partial charge on any atom is 0.389 e. The average molecular weight is 198 g/mol. The molecule has 0 saturated heterocycles. The van der Waals surface area contributed by atoms with Crippen LogP contribution in [0.3, 0.4) is 0 Å². The molecule has 0 radical (unpaired) electrons. The van der Waals surface area contributed by atoms with Crippen molar-refractivity contribution in [1.82, 2.24) is 0 Å². The summed E-state index contributed by atoms with van der Waals surface area (Å²) >= 11 is 0. The zero-order valence-electron chi connectivity index (χ0n) is 7.40. The molecule has 0 saturated carbocycles. The fourth-order valence-electron chi connectivity index (χ4n) is 1.05. The van der Waals surface area contributed by atoms with E-state index in [2.05, 4.69) is 0 Å². The highest BCUT2D eigenvalue weighted by molar-refractivity contribution is 5.66. The van der Waals surface area contributed by atoms with E-state index in [-0.39, 0.29) is 18.8 Å². The van der Waals surface area contributed by atoms with E-state index in [9.17, 15) is 18.0 Å². The summed E-state index contributed by atoms with van der Waals surface area (Å²) in [5, 5.41) is 8.32. The van der Waals surface area contributed by atoms with Crippen LogP contribution in [0, 0.1) is 5.92 Å². The number of hydrogen-bond donors (Lipinski definition) is 1. The first-order valence-electron chi connectivity index (χ1n) is 4.10. The second-order valence-corrected chi connectivity index (χ2v) is 3.21. The first-order chi connectivity index (χ1) is 5.81. The van der Waals surface area contributed by atoms with Gasteiger partial charge in [0.25, 0.3) is 0 Å². The van der Waals surface area contributed by atoms with Crippen LogP contribution in [0.2, 0.25) is 0 Å². The average Bonchev–Trinajstić information content (AvgIpc) is 1.81. The van der Waals surface area contributed by atoms with Crippen LogP contribution in [0.4, 0.5) is 13.2 Å². The van der Waals surface area contributed by atoms with Gasteiger partial charge in [-0.3, -0.25) is 4.79 Å². The molecule has 1 unspecified atom stereocenters. The summed E-state index contributed by atoms with van der Waals surface area (Å²) in [6.07, 6.45) is -4.68. The van der Waals surface area contributed by atoms with Crippen molar-refractivity contribution >= 4 is 5.97 Å². The molecule has 0 aliphatic carbocycles. The quantitative estimate of drug-likeness (QED) is 0.737. The Morgan fingerprint density at radius 3 is 2.38 bits per heavy atom. The van der Waals surface area contributed by atoms with Gasteiger partial charge in [0.15, 0.2) is 0 Å². The van der Waals surface area contributed by atoms with Crippen LogP contribution in [0.5, 0.6) is 0 Å². The van der Waals surface area contributed by atoms with Crippen LogP contribution in [0.25, 0.3) is 0 Å². The van der Waals surface area contributed by atoms with E-state index in [1.165, 1.54) is 0 Å². The van der Waals surface area contributed by atoms with Crippen molar-refractivity contribution in [3.63, 3.8) is 0 Å². The van der Waals surface area contributed by atoms with Crippen LogP contribution in [-0.2, 0) is 4.79 Å². The minimum Gasteiger partial charge on any atom is -0.481 e. The van der Waals surface area contributed by atoms with E-state index in [1.54, 1.807) is 6.92 Å². The second kappa shape index (κ2) is 5.09. The predicted octanol–water partition coefficient (Wildman–Crippen LogP) is 2.83. The molecule has 0 bridgehead atoms. The van der Waals surface area contributed by atoms with Gasteiger partial charge in [0.05, 0.1) is 0 Å². The fourth-order valence-corrected chi connectivity index (χ4v) is 1.05. The minimum absolute atomic E-state index is 0.0119. The summed E-state index contributed by atoms with van der Waals surface area (Å²) in [7, 11) is 0. The number of carbonyl (C=O) groups is 1. The molecular weight excluding hydrogens is 185 g/mol. The van der Waals surface area contributed by atoms with Gasteiger partial charge in [0, 0.05) is 12.8 Å². The highest BCUT2D eigenvalue weighted by Crippen LogP contribution is 2.24. The normalized spacial score (nSPS) is 14.2. The van der Waals surface area contributed by atoms with Crippen LogP contribution in [-0.4, -0.2) is 17.3 Å². The van der Waals surface area contributed by atoms with Gasteiger partial charge in [-0.25, -0.2) is 0 Å². The molecule has 0 aromatic rings. The molecule has 1 N–H and O–H groups in total. The Morgan fingerprint density at radius 2 is 2.00 bits per heavy atom. The van der Waals surface area contributed by atoms with Crippen molar-refractivity contribution in [1.29, 1.82) is 0 Å². The van der Waals surface area contributed by atoms with Gasteiger partial charge in [-0.05, 0) is 18.8 Å². The highest BCUT2D eigenvalue weighted by atomic mass is 19.4.